The minimum atomic E-state index is 0.131. The second-order valence-corrected chi connectivity index (χ2v) is 3.68. The third-order valence-corrected chi connectivity index (χ3v) is 2.26. The lowest BCUT2D eigenvalue weighted by Gasteiger charge is -2.14. The smallest absolute Gasteiger partial charge is 0.0719 e. The molecule has 2 N–H and O–H groups in total. The fourth-order valence-electron chi connectivity index (χ4n) is 1.29. The van der Waals surface area contributed by atoms with Crippen molar-refractivity contribution in [1.82, 2.24) is 0 Å². The molecular weight excluding hydrogens is 206 g/mol. The predicted molar refractivity (Wildman–Crippen MR) is 65.6 cm³/mol. The Bertz CT molecular complexity index is 133. The Kier molecular flexibility index (Phi) is 12.8. The molecule has 4 heteroatoms. The van der Waals surface area contributed by atoms with Crippen molar-refractivity contribution in [3.63, 3.8) is 0 Å². The molecular formula is C12H27NO3. The summed E-state index contributed by atoms with van der Waals surface area (Å²) in [7, 11) is 0. The van der Waals surface area contributed by atoms with Gasteiger partial charge in [-0.05, 0) is 19.8 Å². The molecule has 0 rings (SSSR count). The van der Waals surface area contributed by atoms with Crippen molar-refractivity contribution in [3.05, 3.63) is 0 Å². The van der Waals surface area contributed by atoms with Crippen molar-refractivity contribution in [1.29, 1.82) is 0 Å². The molecule has 0 amide bonds. The van der Waals surface area contributed by atoms with Gasteiger partial charge in [0.2, 0.25) is 0 Å². The van der Waals surface area contributed by atoms with Crippen LogP contribution in [0.25, 0.3) is 0 Å². The van der Waals surface area contributed by atoms with Crippen LogP contribution in [-0.4, -0.2) is 45.7 Å². The lowest BCUT2D eigenvalue weighted by Crippen LogP contribution is -2.25. The van der Waals surface area contributed by atoms with E-state index in [9.17, 15) is 0 Å². The van der Waals surface area contributed by atoms with Gasteiger partial charge < -0.3 is 19.9 Å². The Hall–Kier alpha value is -0.160. The highest BCUT2D eigenvalue weighted by molar-refractivity contribution is 4.57. The van der Waals surface area contributed by atoms with Crippen LogP contribution in [0, 0.1) is 0 Å². The molecule has 0 radical (unpaired) electrons. The van der Waals surface area contributed by atoms with Gasteiger partial charge in [-0.15, -0.1) is 0 Å². The zero-order chi connectivity index (χ0) is 12.1. The van der Waals surface area contributed by atoms with E-state index in [0.29, 0.717) is 33.0 Å². The first-order valence-corrected chi connectivity index (χ1v) is 6.32. The second-order valence-electron chi connectivity index (χ2n) is 3.68. The number of rotatable bonds is 12. The molecule has 98 valence electrons. The van der Waals surface area contributed by atoms with Gasteiger partial charge in [-0.2, -0.15) is 0 Å². The Morgan fingerprint density at radius 1 is 1.00 bits per heavy atom. The summed E-state index contributed by atoms with van der Waals surface area (Å²) < 4.78 is 16.2. The van der Waals surface area contributed by atoms with Crippen LogP contribution < -0.4 is 5.73 Å². The average molecular weight is 233 g/mol. The van der Waals surface area contributed by atoms with Gasteiger partial charge in [0.1, 0.15) is 0 Å². The first kappa shape index (κ1) is 15.8. The highest BCUT2D eigenvalue weighted by atomic mass is 16.5. The molecule has 1 unspecified atom stereocenters. The molecule has 0 saturated carbocycles. The van der Waals surface area contributed by atoms with Crippen LogP contribution in [0.5, 0.6) is 0 Å². The minimum absolute atomic E-state index is 0.131. The van der Waals surface area contributed by atoms with Crippen LogP contribution in [0.2, 0.25) is 0 Å². The number of nitrogens with two attached hydrogens (primary N) is 1. The largest absolute Gasteiger partial charge is 0.379 e. The van der Waals surface area contributed by atoms with Crippen LogP contribution in [0.15, 0.2) is 0 Å². The summed E-state index contributed by atoms with van der Waals surface area (Å²) in [5, 5.41) is 0. The van der Waals surface area contributed by atoms with Gasteiger partial charge in [0.05, 0.1) is 19.3 Å². The molecule has 0 fully saturated rings. The molecule has 16 heavy (non-hydrogen) atoms. The topological polar surface area (TPSA) is 53.7 Å². The van der Waals surface area contributed by atoms with Gasteiger partial charge in [-0.3, -0.25) is 0 Å². The maximum atomic E-state index is 5.55. The highest BCUT2D eigenvalue weighted by Crippen LogP contribution is 1.97. The molecule has 0 aromatic heterocycles. The summed E-state index contributed by atoms with van der Waals surface area (Å²) >= 11 is 0. The van der Waals surface area contributed by atoms with Crippen LogP contribution in [0.3, 0.4) is 0 Å². The normalized spacial score (nSPS) is 12.9. The standard InChI is InChI=1S/C12H27NO3/c1-3-5-7-14-9-10-15-8-6-12(11-13)16-4-2/h12H,3-11,13H2,1-2H3. The number of unbranched alkanes of at least 4 members (excludes halogenated alkanes) is 1. The van der Waals surface area contributed by atoms with Crippen LogP contribution >= 0.6 is 0 Å². The van der Waals surface area contributed by atoms with E-state index in [1.54, 1.807) is 0 Å². The first-order valence-electron chi connectivity index (χ1n) is 6.32. The molecule has 0 aliphatic carbocycles. The lowest BCUT2D eigenvalue weighted by atomic mass is 10.2. The second kappa shape index (κ2) is 12.9. The predicted octanol–water partition coefficient (Wildman–Crippen LogP) is 1.57. The van der Waals surface area contributed by atoms with E-state index in [0.717, 1.165) is 19.4 Å². The minimum Gasteiger partial charge on any atom is -0.379 e. The highest BCUT2D eigenvalue weighted by Gasteiger charge is 2.04. The molecule has 1 atom stereocenters. The van der Waals surface area contributed by atoms with Gasteiger partial charge in [0, 0.05) is 26.4 Å². The summed E-state index contributed by atoms with van der Waals surface area (Å²) in [5.74, 6) is 0. The zero-order valence-electron chi connectivity index (χ0n) is 10.7. The third-order valence-electron chi connectivity index (χ3n) is 2.26. The summed E-state index contributed by atoms with van der Waals surface area (Å²) in [6, 6.07) is 0. The first-order chi connectivity index (χ1) is 7.85. The maximum absolute atomic E-state index is 5.55. The van der Waals surface area contributed by atoms with Gasteiger partial charge >= 0.3 is 0 Å². The fraction of sp³-hybridized carbons (Fsp3) is 1.00. The summed E-state index contributed by atoms with van der Waals surface area (Å²) in [6.07, 6.45) is 3.29. The maximum Gasteiger partial charge on any atom is 0.0719 e. The molecule has 0 heterocycles. The molecule has 4 nitrogen and oxygen atoms in total. The van der Waals surface area contributed by atoms with Crippen molar-refractivity contribution in [3.8, 4) is 0 Å². The summed E-state index contributed by atoms with van der Waals surface area (Å²) in [6.45, 7) is 8.27. The number of ether oxygens (including phenoxy) is 3. The molecule has 0 aromatic rings. The summed E-state index contributed by atoms with van der Waals surface area (Å²) in [5.41, 5.74) is 5.55. The molecule has 0 aliphatic heterocycles. The van der Waals surface area contributed by atoms with Gasteiger partial charge in [-0.25, -0.2) is 0 Å². The van der Waals surface area contributed by atoms with Gasteiger partial charge in [0.25, 0.3) is 0 Å². The fourth-order valence-corrected chi connectivity index (χ4v) is 1.29. The quantitative estimate of drug-likeness (QED) is 0.520. The number of hydrogen-bond acceptors (Lipinski definition) is 4. The van der Waals surface area contributed by atoms with Crippen LogP contribution in [0.1, 0.15) is 33.1 Å². The Balaban J connectivity index is 3.12. The van der Waals surface area contributed by atoms with E-state index < -0.39 is 0 Å². The lowest BCUT2D eigenvalue weighted by molar-refractivity contribution is 0.0127. The van der Waals surface area contributed by atoms with E-state index in [1.807, 2.05) is 6.92 Å². The van der Waals surface area contributed by atoms with E-state index in [-0.39, 0.29) is 6.10 Å². The molecule has 0 aromatic carbocycles. The van der Waals surface area contributed by atoms with Crippen molar-refractivity contribution in [2.45, 2.75) is 39.2 Å². The van der Waals surface area contributed by atoms with Crippen molar-refractivity contribution in [2.75, 3.05) is 39.6 Å². The van der Waals surface area contributed by atoms with Crippen LogP contribution in [-0.2, 0) is 14.2 Å². The SMILES string of the molecule is CCCCOCCOCCC(CN)OCC. The average Bonchev–Trinajstić information content (AvgIpc) is 2.31. The Morgan fingerprint density at radius 3 is 2.25 bits per heavy atom. The third kappa shape index (κ3) is 10.4. The van der Waals surface area contributed by atoms with E-state index in [2.05, 4.69) is 6.92 Å². The number of hydrogen-bond donors (Lipinski definition) is 1. The van der Waals surface area contributed by atoms with Crippen molar-refractivity contribution < 1.29 is 14.2 Å². The van der Waals surface area contributed by atoms with Gasteiger partial charge in [0.15, 0.2) is 0 Å². The van der Waals surface area contributed by atoms with E-state index in [4.69, 9.17) is 19.9 Å². The van der Waals surface area contributed by atoms with Crippen LogP contribution in [0.4, 0.5) is 0 Å². The Labute approximate surface area is 99.4 Å². The molecule has 0 bridgehead atoms. The van der Waals surface area contributed by atoms with Gasteiger partial charge in [-0.1, -0.05) is 13.3 Å². The Morgan fingerprint density at radius 2 is 1.69 bits per heavy atom. The zero-order valence-corrected chi connectivity index (χ0v) is 10.7. The van der Waals surface area contributed by atoms with Crippen molar-refractivity contribution in [2.24, 2.45) is 5.73 Å². The molecule has 0 spiro atoms. The van der Waals surface area contributed by atoms with E-state index >= 15 is 0 Å². The molecule has 0 aliphatic rings. The summed E-state index contributed by atoms with van der Waals surface area (Å²) in [4.78, 5) is 0. The molecule has 0 saturated heterocycles. The monoisotopic (exact) mass is 233 g/mol. The van der Waals surface area contributed by atoms with Crippen molar-refractivity contribution >= 4 is 0 Å². The van der Waals surface area contributed by atoms with E-state index in [1.165, 1.54) is 6.42 Å².